The third kappa shape index (κ3) is 3.62. The molecule has 0 unspecified atom stereocenters. The Bertz CT molecular complexity index is 644. The molecule has 1 N–H and O–H groups in total. The van der Waals surface area contributed by atoms with Crippen molar-refractivity contribution in [3.05, 3.63) is 0 Å². The van der Waals surface area contributed by atoms with Crippen molar-refractivity contribution in [1.29, 1.82) is 0 Å². The predicted octanol–water partition coefficient (Wildman–Crippen LogP) is 2.18. The van der Waals surface area contributed by atoms with E-state index in [0.717, 1.165) is 24.2 Å². The van der Waals surface area contributed by atoms with Crippen LogP contribution in [0, 0.1) is 11.3 Å². The number of Topliss-reactive ketones (excluding diaryl/α,β-unsaturated/α-hetero) is 1. The molecule has 7 heteroatoms. The van der Waals surface area contributed by atoms with Crippen LogP contribution in [0.3, 0.4) is 0 Å². The highest BCUT2D eigenvalue weighted by Crippen LogP contribution is 2.46. The molecule has 1 aliphatic heterocycles. The monoisotopic (exact) mass is 364 g/mol. The van der Waals surface area contributed by atoms with E-state index >= 15 is 0 Å². The molecule has 3 rings (SSSR count). The highest BCUT2D eigenvalue weighted by molar-refractivity contribution is 6.08. The van der Waals surface area contributed by atoms with Crippen molar-refractivity contribution >= 4 is 23.7 Å². The number of imide groups is 1. The first-order chi connectivity index (χ1) is 12.1. The minimum Gasteiger partial charge on any atom is -0.453 e. The van der Waals surface area contributed by atoms with Gasteiger partial charge in [0, 0.05) is 6.42 Å². The molecular formula is C19H28N2O5. The number of amides is 3. The lowest BCUT2D eigenvalue weighted by molar-refractivity contribution is -0.158. The maximum atomic E-state index is 13.0. The van der Waals surface area contributed by atoms with Gasteiger partial charge < -0.3 is 10.1 Å². The fourth-order valence-electron chi connectivity index (χ4n) is 5.05. The third-order valence-corrected chi connectivity index (χ3v) is 5.68. The van der Waals surface area contributed by atoms with Gasteiger partial charge in [-0.05, 0) is 49.9 Å². The van der Waals surface area contributed by atoms with Crippen molar-refractivity contribution in [1.82, 2.24) is 10.2 Å². The molecule has 0 aromatic rings. The molecule has 1 spiro atoms. The van der Waals surface area contributed by atoms with Crippen LogP contribution in [0.1, 0.15) is 65.7 Å². The normalized spacial score (nSPS) is 34.1. The van der Waals surface area contributed by atoms with Crippen LogP contribution < -0.4 is 5.32 Å². The van der Waals surface area contributed by atoms with Gasteiger partial charge in [0.25, 0.3) is 5.91 Å². The molecule has 3 aliphatic rings. The highest BCUT2D eigenvalue weighted by atomic mass is 16.5. The topological polar surface area (TPSA) is 92.8 Å². The summed E-state index contributed by atoms with van der Waals surface area (Å²) in [5.74, 6) is -0.834. The zero-order valence-corrected chi connectivity index (χ0v) is 15.8. The Labute approximate surface area is 153 Å². The maximum absolute atomic E-state index is 13.0. The van der Waals surface area contributed by atoms with Crippen LogP contribution in [-0.2, 0) is 19.1 Å². The molecule has 3 fully saturated rings. The molecular weight excluding hydrogens is 336 g/mol. The van der Waals surface area contributed by atoms with Gasteiger partial charge in [-0.2, -0.15) is 0 Å². The van der Waals surface area contributed by atoms with Gasteiger partial charge in [-0.15, -0.1) is 0 Å². The number of carbonyl (C=O) groups excluding carboxylic acids is 4. The smallest absolute Gasteiger partial charge is 0.326 e. The lowest BCUT2D eigenvalue weighted by Gasteiger charge is -2.43. The molecule has 3 atom stereocenters. The van der Waals surface area contributed by atoms with E-state index in [1.807, 2.05) is 0 Å². The Balaban J connectivity index is 1.67. The fraction of sp³-hybridized carbons (Fsp3) is 0.789. The molecule has 1 saturated heterocycles. The summed E-state index contributed by atoms with van der Waals surface area (Å²) in [6.45, 7) is 5.82. The lowest BCUT2D eigenvalue weighted by atomic mass is 9.64. The summed E-state index contributed by atoms with van der Waals surface area (Å²) in [5, 5.41) is 2.84. The SMILES string of the molecule is C[C@@H]1CC(C)(C)C[C@]2(C1)NC(=O)N(CC(=O)O[C@@H]1CCCCC1=O)C2=O. The number of carbonyl (C=O) groups is 4. The van der Waals surface area contributed by atoms with Gasteiger partial charge in [-0.3, -0.25) is 19.3 Å². The lowest BCUT2D eigenvalue weighted by Crippen LogP contribution is -2.54. The zero-order chi connectivity index (χ0) is 19.1. The number of esters is 1. The molecule has 2 saturated carbocycles. The Morgan fingerprint density at radius 3 is 2.62 bits per heavy atom. The van der Waals surface area contributed by atoms with Crippen LogP contribution in [0.5, 0.6) is 0 Å². The number of ether oxygens (including phenoxy) is 1. The van der Waals surface area contributed by atoms with Crippen LogP contribution >= 0.6 is 0 Å². The molecule has 0 radical (unpaired) electrons. The maximum Gasteiger partial charge on any atom is 0.326 e. The molecule has 144 valence electrons. The largest absolute Gasteiger partial charge is 0.453 e. The molecule has 7 nitrogen and oxygen atoms in total. The molecule has 0 bridgehead atoms. The van der Waals surface area contributed by atoms with E-state index in [9.17, 15) is 19.2 Å². The number of nitrogens with zero attached hydrogens (tertiary/aromatic N) is 1. The zero-order valence-electron chi connectivity index (χ0n) is 15.8. The average molecular weight is 364 g/mol. The summed E-state index contributed by atoms with van der Waals surface area (Å²) in [6.07, 6.45) is 3.97. The number of ketones is 1. The van der Waals surface area contributed by atoms with Crippen LogP contribution in [0.25, 0.3) is 0 Å². The van der Waals surface area contributed by atoms with E-state index in [1.165, 1.54) is 0 Å². The first-order valence-corrected chi connectivity index (χ1v) is 9.48. The van der Waals surface area contributed by atoms with Crippen molar-refractivity contribution < 1.29 is 23.9 Å². The Hall–Kier alpha value is -1.92. The second-order valence-corrected chi connectivity index (χ2v) is 8.95. The van der Waals surface area contributed by atoms with Crippen molar-refractivity contribution in [2.24, 2.45) is 11.3 Å². The van der Waals surface area contributed by atoms with E-state index in [0.29, 0.717) is 31.6 Å². The predicted molar refractivity (Wildman–Crippen MR) is 93.1 cm³/mol. The molecule has 26 heavy (non-hydrogen) atoms. The highest BCUT2D eigenvalue weighted by Gasteiger charge is 2.56. The van der Waals surface area contributed by atoms with E-state index in [-0.39, 0.29) is 17.1 Å². The third-order valence-electron chi connectivity index (χ3n) is 5.68. The average Bonchev–Trinajstić information content (AvgIpc) is 2.71. The summed E-state index contributed by atoms with van der Waals surface area (Å²) in [4.78, 5) is 50.3. The first-order valence-electron chi connectivity index (χ1n) is 9.48. The minimum absolute atomic E-state index is 0.0638. The van der Waals surface area contributed by atoms with Crippen LogP contribution in [0.15, 0.2) is 0 Å². The van der Waals surface area contributed by atoms with Gasteiger partial charge >= 0.3 is 12.0 Å². The molecule has 0 aromatic carbocycles. The number of hydrogen-bond donors (Lipinski definition) is 1. The van der Waals surface area contributed by atoms with Gasteiger partial charge in [-0.25, -0.2) is 4.79 Å². The van der Waals surface area contributed by atoms with Crippen LogP contribution in [0.2, 0.25) is 0 Å². The summed E-state index contributed by atoms with van der Waals surface area (Å²) in [5.41, 5.74) is -0.995. The van der Waals surface area contributed by atoms with Crippen molar-refractivity contribution in [3.8, 4) is 0 Å². The number of rotatable bonds is 3. The van der Waals surface area contributed by atoms with Crippen LogP contribution in [-0.4, -0.2) is 46.8 Å². The van der Waals surface area contributed by atoms with E-state index < -0.39 is 30.2 Å². The summed E-state index contributed by atoms with van der Waals surface area (Å²) in [7, 11) is 0. The van der Waals surface area contributed by atoms with Gasteiger partial charge in [-0.1, -0.05) is 20.8 Å². The first kappa shape index (κ1) is 18.9. The van der Waals surface area contributed by atoms with Gasteiger partial charge in [0.2, 0.25) is 0 Å². The molecule has 1 heterocycles. The summed E-state index contributed by atoms with van der Waals surface area (Å²) in [6, 6.07) is -0.549. The van der Waals surface area contributed by atoms with E-state index in [1.54, 1.807) is 0 Å². The van der Waals surface area contributed by atoms with Crippen LogP contribution in [0.4, 0.5) is 4.79 Å². The number of nitrogens with one attached hydrogen (secondary N) is 1. The Morgan fingerprint density at radius 1 is 1.23 bits per heavy atom. The van der Waals surface area contributed by atoms with Gasteiger partial charge in [0.15, 0.2) is 11.9 Å². The summed E-state index contributed by atoms with van der Waals surface area (Å²) < 4.78 is 5.24. The van der Waals surface area contributed by atoms with Crippen molar-refractivity contribution in [3.63, 3.8) is 0 Å². The van der Waals surface area contributed by atoms with E-state index in [2.05, 4.69) is 26.1 Å². The van der Waals surface area contributed by atoms with Crippen molar-refractivity contribution in [2.75, 3.05) is 6.54 Å². The molecule has 2 aliphatic carbocycles. The number of hydrogen-bond acceptors (Lipinski definition) is 5. The minimum atomic E-state index is -0.931. The Morgan fingerprint density at radius 2 is 1.96 bits per heavy atom. The van der Waals surface area contributed by atoms with E-state index in [4.69, 9.17) is 4.74 Å². The van der Waals surface area contributed by atoms with Gasteiger partial charge in [0.05, 0.1) is 0 Å². The fourth-order valence-corrected chi connectivity index (χ4v) is 5.05. The second kappa shape index (κ2) is 6.67. The Kier molecular flexibility index (Phi) is 4.84. The molecule has 3 amide bonds. The van der Waals surface area contributed by atoms with Gasteiger partial charge in [0.1, 0.15) is 12.1 Å². The quantitative estimate of drug-likeness (QED) is 0.612. The second-order valence-electron chi connectivity index (χ2n) is 8.95. The standard InChI is InChI=1S/C19H28N2O5/c1-12-8-18(2,3)11-19(9-12)16(24)21(17(25)20-19)10-15(23)26-14-7-5-4-6-13(14)22/h12,14H,4-11H2,1-3H3,(H,20,25)/t12-,14-,19+/m1/s1. The number of urea groups is 1. The van der Waals surface area contributed by atoms with Crippen molar-refractivity contribution in [2.45, 2.75) is 77.4 Å². The summed E-state index contributed by atoms with van der Waals surface area (Å²) >= 11 is 0. The molecule has 0 aromatic heterocycles.